The number of anilines is 1. The number of hydrogen-bond acceptors (Lipinski definition) is 4. The highest BCUT2D eigenvalue weighted by atomic mass is 32.1. The molecule has 1 amide bonds. The number of rotatable bonds is 3. The second kappa shape index (κ2) is 5.18. The van der Waals surface area contributed by atoms with Crippen LogP contribution in [0.4, 0.5) is 5.69 Å². The number of nitrogens with one attached hydrogen (secondary N) is 1. The van der Waals surface area contributed by atoms with Gasteiger partial charge in [0.2, 0.25) is 0 Å². The molecule has 94 valence electrons. The van der Waals surface area contributed by atoms with Crippen molar-refractivity contribution in [3.8, 4) is 5.75 Å². The molecule has 0 atom stereocenters. The molecule has 1 N–H and O–H groups in total. The zero-order chi connectivity index (χ0) is 13.1. The summed E-state index contributed by atoms with van der Waals surface area (Å²) in [4.78, 5) is 13.0. The lowest BCUT2D eigenvalue weighted by Gasteiger charge is -2.09. The Morgan fingerprint density at radius 3 is 2.72 bits per heavy atom. The van der Waals surface area contributed by atoms with Crippen molar-refractivity contribution >= 4 is 23.1 Å². The third kappa shape index (κ3) is 2.68. The van der Waals surface area contributed by atoms with Crippen molar-refractivity contribution in [2.75, 3.05) is 12.4 Å². The van der Waals surface area contributed by atoms with Crippen LogP contribution in [-0.4, -0.2) is 17.4 Å². The fourth-order valence-electron chi connectivity index (χ4n) is 1.58. The average Bonchev–Trinajstić information content (AvgIpc) is 2.76. The van der Waals surface area contributed by atoms with Gasteiger partial charge < -0.3 is 10.1 Å². The van der Waals surface area contributed by atoms with Crippen LogP contribution in [0.5, 0.6) is 5.75 Å². The summed E-state index contributed by atoms with van der Waals surface area (Å²) in [5, 5.41) is 2.81. The first kappa shape index (κ1) is 12.6. The molecule has 4 nitrogen and oxygen atoms in total. The van der Waals surface area contributed by atoms with E-state index in [-0.39, 0.29) is 5.91 Å². The molecule has 0 aliphatic rings. The molecule has 2 aromatic rings. The molecule has 5 heteroatoms. The Kier molecular flexibility index (Phi) is 3.62. The number of aryl methyl sites for hydroxylation is 2. The minimum atomic E-state index is -0.219. The van der Waals surface area contributed by atoms with Crippen LogP contribution in [0.15, 0.2) is 24.3 Å². The van der Waals surface area contributed by atoms with Gasteiger partial charge in [0, 0.05) is 4.88 Å². The molecule has 2 rings (SSSR count). The van der Waals surface area contributed by atoms with Crippen LogP contribution in [0, 0.1) is 13.8 Å². The average molecular weight is 262 g/mol. The van der Waals surface area contributed by atoms with Gasteiger partial charge in [-0.05, 0) is 49.1 Å². The van der Waals surface area contributed by atoms with E-state index >= 15 is 0 Å². The van der Waals surface area contributed by atoms with Crippen LogP contribution in [0.3, 0.4) is 0 Å². The van der Waals surface area contributed by atoms with Gasteiger partial charge in [-0.15, -0.1) is 0 Å². The molecule has 1 heterocycles. The normalized spacial score (nSPS) is 10.2. The predicted octanol–water partition coefficient (Wildman–Crippen LogP) is 3.02. The largest absolute Gasteiger partial charge is 0.495 e. The number of amides is 1. The Hall–Kier alpha value is -1.88. The fourth-order valence-corrected chi connectivity index (χ4v) is 2.12. The first-order chi connectivity index (χ1) is 8.60. The molecule has 1 aromatic carbocycles. The van der Waals surface area contributed by atoms with E-state index < -0.39 is 0 Å². The topological polar surface area (TPSA) is 51.2 Å². The van der Waals surface area contributed by atoms with E-state index in [9.17, 15) is 4.79 Å². The van der Waals surface area contributed by atoms with Gasteiger partial charge in [-0.2, -0.15) is 4.37 Å². The monoisotopic (exact) mass is 262 g/mol. The molecule has 1 aromatic heterocycles. The van der Waals surface area contributed by atoms with Gasteiger partial charge in [-0.25, -0.2) is 0 Å². The molecular weight excluding hydrogens is 248 g/mol. The summed E-state index contributed by atoms with van der Waals surface area (Å²) in [5.74, 6) is 0.421. The smallest absolute Gasteiger partial charge is 0.275 e. The fraction of sp³-hybridized carbons (Fsp3) is 0.231. The first-order valence-corrected chi connectivity index (χ1v) is 6.27. The van der Waals surface area contributed by atoms with Crippen molar-refractivity contribution in [3.05, 3.63) is 40.4 Å². The van der Waals surface area contributed by atoms with E-state index in [4.69, 9.17) is 4.74 Å². The number of nitrogens with zero attached hydrogens (tertiary/aromatic N) is 1. The van der Waals surface area contributed by atoms with Gasteiger partial charge >= 0.3 is 0 Å². The van der Waals surface area contributed by atoms with Crippen molar-refractivity contribution in [2.24, 2.45) is 0 Å². The summed E-state index contributed by atoms with van der Waals surface area (Å²) in [7, 11) is 1.58. The second-order valence-corrected chi connectivity index (χ2v) is 4.99. The van der Waals surface area contributed by atoms with Crippen molar-refractivity contribution in [2.45, 2.75) is 13.8 Å². The third-order valence-electron chi connectivity index (χ3n) is 2.46. The van der Waals surface area contributed by atoms with Crippen molar-refractivity contribution in [3.63, 3.8) is 0 Å². The Labute approximate surface area is 110 Å². The highest BCUT2D eigenvalue weighted by Gasteiger charge is 2.12. The number of ether oxygens (including phenoxy) is 1. The van der Waals surface area contributed by atoms with E-state index in [1.54, 1.807) is 13.2 Å². The summed E-state index contributed by atoms with van der Waals surface area (Å²) in [6.07, 6.45) is 0. The van der Waals surface area contributed by atoms with Crippen LogP contribution in [0.1, 0.15) is 20.9 Å². The Morgan fingerprint density at radius 1 is 1.33 bits per heavy atom. The van der Waals surface area contributed by atoms with Crippen LogP contribution in [0.25, 0.3) is 0 Å². The zero-order valence-electron chi connectivity index (χ0n) is 10.5. The van der Waals surface area contributed by atoms with Gasteiger partial charge in [0.15, 0.2) is 0 Å². The van der Waals surface area contributed by atoms with Gasteiger partial charge in [0.25, 0.3) is 5.91 Å². The maximum absolute atomic E-state index is 12.0. The van der Waals surface area contributed by atoms with Crippen molar-refractivity contribution in [1.82, 2.24) is 4.37 Å². The number of hydrogen-bond donors (Lipinski definition) is 1. The quantitative estimate of drug-likeness (QED) is 0.925. The zero-order valence-corrected chi connectivity index (χ0v) is 11.3. The van der Waals surface area contributed by atoms with Crippen LogP contribution in [0.2, 0.25) is 0 Å². The first-order valence-electron chi connectivity index (χ1n) is 5.49. The number of carbonyl (C=O) groups is 1. The molecule has 0 aliphatic heterocycles. The van der Waals surface area contributed by atoms with Crippen molar-refractivity contribution < 1.29 is 9.53 Å². The minimum Gasteiger partial charge on any atom is -0.495 e. The summed E-state index contributed by atoms with van der Waals surface area (Å²) in [6, 6.07) is 7.40. The summed E-state index contributed by atoms with van der Waals surface area (Å²) >= 11 is 1.31. The van der Waals surface area contributed by atoms with Gasteiger partial charge in [-0.1, -0.05) is 6.07 Å². The highest BCUT2D eigenvalue weighted by Crippen LogP contribution is 2.25. The lowest BCUT2D eigenvalue weighted by atomic mass is 10.2. The van der Waals surface area contributed by atoms with Crippen LogP contribution >= 0.6 is 11.5 Å². The van der Waals surface area contributed by atoms with E-state index in [1.165, 1.54) is 11.5 Å². The lowest BCUT2D eigenvalue weighted by molar-refractivity contribution is 0.102. The van der Waals surface area contributed by atoms with Crippen LogP contribution < -0.4 is 10.1 Å². The van der Waals surface area contributed by atoms with E-state index in [1.807, 2.05) is 32.0 Å². The van der Waals surface area contributed by atoms with Gasteiger partial charge in [0.1, 0.15) is 11.4 Å². The molecule has 0 aliphatic carbocycles. The minimum absolute atomic E-state index is 0.219. The molecule has 0 bridgehead atoms. The Balaban J connectivity index is 2.23. The molecular formula is C13H14N2O2S. The van der Waals surface area contributed by atoms with E-state index in [0.29, 0.717) is 17.1 Å². The van der Waals surface area contributed by atoms with E-state index in [2.05, 4.69) is 9.69 Å². The molecule has 0 saturated heterocycles. The third-order valence-corrected chi connectivity index (χ3v) is 3.16. The number of benzene rings is 1. The summed E-state index contributed by atoms with van der Waals surface area (Å²) < 4.78 is 9.29. The molecule has 0 unspecified atom stereocenters. The molecule has 18 heavy (non-hydrogen) atoms. The SMILES string of the molecule is COc1ccc(C)cc1NC(=O)c1cc(C)sn1. The predicted molar refractivity (Wildman–Crippen MR) is 72.5 cm³/mol. The summed E-state index contributed by atoms with van der Waals surface area (Å²) in [5.41, 5.74) is 2.15. The van der Waals surface area contributed by atoms with Crippen LogP contribution in [-0.2, 0) is 0 Å². The highest BCUT2D eigenvalue weighted by molar-refractivity contribution is 7.05. The molecule has 0 saturated carbocycles. The molecule has 0 spiro atoms. The van der Waals surface area contributed by atoms with Gasteiger partial charge in [0.05, 0.1) is 12.8 Å². The van der Waals surface area contributed by atoms with Gasteiger partial charge in [-0.3, -0.25) is 4.79 Å². The number of aromatic nitrogens is 1. The summed E-state index contributed by atoms with van der Waals surface area (Å²) in [6.45, 7) is 3.88. The van der Waals surface area contributed by atoms with Crippen molar-refractivity contribution in [1.29, 1.82) is 0 Å². The standard InChI is InChI=1S/C13H14N2O2S/c1-8-4-5-12(17-3)10(6-8)14-13(16)11-7-9(2)18-15-11/h4-7H,1-3H3,(H,14,16). The number of carbonyl (C=O) groups excluding carboxylic acids is 1. The number of methoxy groups -OCH3 is 1. The molecule has 0 radical (unpaired) electrons. The Bertz CT molecular complexity index is 578. The second-order valence-electron chi connectivity index (χ2n) is 3.98. The maximum Gasteiger partial charge on any atom is 0.275 e. The lowest BCUT2D eigenvalue weighted by Crippen LogP contribution is -2.13. The maximum atomic E-state index is 12.0. The Morgan fingerprint density at radius 2 is 2.11 bits per heavy atom. The van der Waals surface area contributed by atoms with E-state index in [0.717, 1.165) is 10.4 Å². The molecule has 0 fully saturated rings.